The average Bonchev–Trinajstić information content (AvgIpc) is 4.08. The van der Waals surface area contributed by atoms with Gasteiger partial charge in [-0.25, -0.2) is 19.6 Å². The summed E-state index contributed by atoms with van der Waals surface area (Å²) in [6.45, 7) is 9.08. The lowest BCUT2D eigenvalue weighted by atomic mass is 9.87. The van der Waals surface area contributed by atoms with E-state index in [2.05, 4.69) is 45.7 Å². The van der Waals surface area contributed by atoms with Crippen molar-refractivity contribution in [1.29, 1.82) is 0 Å². The third-order valence-electron chi connectivity index (χ3n) is 12.4. The summed E-state index contributed by atoms with van der Waals surface area (Å²) in [5, 5.41) is 5.28. The first kappa shape index (κ1) is 43.3. The maximum absolute atomic E-state index is 14.0. The Morgan fingerprint density at radius 3 is 1.75 bits per heavy atom. The molecular weight excluding hydrogens is 813 g/mol. The van der Waals surface area contributed by atoms with Crippen molar-refractivity contribution < 1.29 is 47.6 Å². The number of benzene rings is 2. The van der Waals surface area contributed by atoms with Crippen molar-refractivity contribution in [3.63, 3.8) is 0 Å². The highest BCUT2D eigenvalue weighted by Gasteiger charge is 2.42. The smallest absolute Gasteiger partial charge is 0.407 e. The third-order valence-corrected chi connectivity index (χ3v) is 12.4. The molecule has 18 heteroatoms. The number of methoxy groups -OCH3 is 4. The third kappa shape index (κ3) is 8.32. The largest absolute Gasteiger partial charge is 0.488 e. The number of ether oxygens (including phenoxy) is 6. The van der Waals surface area contributed by atoms with Gasteiger partial charge in [-0.3, -0.25) is 9.59 Å². The number of aromatic nitrogens is 4. The lowest BCUT2D eigenvalue weighted by molar-refractivity contribution is -0.139. The number of likely N-dealkylation sites (tertiary alicyclic amines) is 1. The van der Waals surface area contributed by atoms with Gasteiger partial charge < -0.3 is 58.8 Å². The van der Waals surface area contributed by atoms with E-state index in [9.17, 15) is 19.2 Å². The van der Waals surface area contributed by atoms with E-state index in [0.717, 1.165) is 56.3 Å². The second-order valence-electron chi connectivity index (χ2n) is 16.7. The number of alkyl carbamates (subject to hydrolysis) is 2. The first-order chi connectivity index (χ1) is 30.3. The van der Waals surface area contributed by atoms with Crippen molar-refractivity contribution in [2.45, 2.75) is 83.7 Å². The van der Waals surface area contributed by atoms with Crippen LogP contribution in [0.4, 0.5) is 9.59 Å². The zero-order valence-electron chi connectivity index (χ0n) is 36.6. The molecule has 4 N–H and O–H groups in total. The number of H-pyrrole nitrogens is 2. The van der Waals surface area contributed by atoms with Crippen LogP contribution in [0.5, 0.6) is 11.5 Å². The van der Waals surface area contributed by atoms with E-state index in [-0.39, 0.29) is 29.7 Å². The van der Waals surface area contributed by atoms with E-state index in [1.54, 1.807) is 36.0 Å². The molecule has 4 aliphatic heterocycles. The Hall–Kier alpha value is -6.40. The molecule has 334 valence electrons. The molecule has 0 bridgehead atoms. The first-order valence-electron chi connectivity index (χ1n) is 21.1. The zero-order valence-corrected chi connectivity index (χ0v) is 36.6. The van der Waals surface area contributed by atoms with Crippen LogP contribution in [-0.2, 0) is 41.8 Å². The summed E-state index contributed by atoms with van der Waals surface area (Å²) >= 11 is 0. The summed E-state index contributed by atoms with van der Waals surface area (Å²) in [7, 11) is 5.48. The predicted molar refractivity (Wildman–Crippen MR) is 228 cm³/mol. The van der Waals surface area contributed by atoms with E-state index in [4.69, 9.17) is 38.4 Å². The molecule has 0 unspecified atom stereocenters. The monoisotopic (exact) mass is 866 g/mol. The molecule has 8 atom stereocenters. The van der Waals surface area contributed by atoms with Crippen LogP contribution in [0.15, 0.2) is 48.8 Å². The summed E-state index contributed by atoms with van der Waals surface area (Å²) in [6, 6.07) is 5.37. The Morgan fingerprint density at radius 2 is 1.22 bits per heavy atom. The summed E-state index contributed by atoms with van der Waals surface area (Å²) in [6.07, 6.45) is 5.57. The summed E-state index contributed by atoms with van der Waals surface area (Å²) in [5.41, 5.74) is 7.10. The molecule has 0 aliphatic carbocycles. The number of amides is 4. The minimum Gasteiger partial charge on any atom is -0.488 e. The molecule has 4 aromatic rings. The van der Waals surface area contributed by atoms with Crippen LogP contribution < -0.4 is 20.1 Å². The Balaban J connectivity index is 1.04. The van der Waals surface area contributed by atoms with Crippen LogP contribution in [0.25, 0.3) is 33.6 Å². The van der Waals surface area contributed by atoms with Crippen molar-refractivity contribution >= 4 is 24.0 Å². The number of nitrogens with zero attached hydrogens (tertiary/aromatic N) is 4. The van der Waals surface area contributed by atoms with Gasteiger partial charge in [-0.15, -0.1) is 0 Å². The van der Waals surface area contributed by atoms with Gasteiger partial charge in [0.2, 0.25) is 11.8 Å². The Kier molecular flexibility index (Phi) is 12.2. The van der Waals surface area contributed by atoms with Crippen LogP contribution in [0.3, 0.4) is 0 Å². The molecule has 4 aliphatic rings. The van der Waals surface area contributed by atoms with Gasteiger partial charge in [0.25, 0.3) is 0 Å². The van der Waals surface area contributed by atoms with Crippen LogP contribution in [0.1, 0.15) is 69.0 Å². The molecule has 0 spiro atoms. The topological polar surface area (TPSA) is 212 Å². The SMILES string of the molecule is COC(=O)N[C@H](C(=O)N1C[C@@H](C)C=C[C@H]1c1ncc(-c2cc3c4c(c2)OCc2cc(-c5cnc([C@@H]6C[C@H](C)CN6C(=O)[C@@H](NC(=O)OC)[C@@H](C)OC)[nH]5)cc(c2-4)OC3)[nH]1)[C@@H](C)OC. The number of rotatable bonds is 12. The summed E-state index contributed by atoms with van der Waals surface area (Å²) in [4.78, 5) is 72.2. The quantitative estimate of drug-likeness (QED) is 0.132. The molecular formula is C45H54N8O10. The van der Waals surface area contributed by atoms with E-state index in [0.29, 0.717) is 44.4 Å². The molecule has 6 heterocycles. The van der Waals surface area contributed by atoms with Crippen LogP contribution in [0, 0.1) is 11.8 Å². The fraction of sp³-hybridized carbons (Fsp3) is 0.467. The van der Waals surface area contributed by atoms with Crippen LogP contribution in [0.2, 0.25) is 0 Å². The second-order valence-corrected chi connectivity index (χ2v) is 16.7. The molecule has 4 amide bonds. The number of carbonyl (C=O) groups excluding carboxylic acids is 4. The fourth-order valence-corrected chi connectivity index (χ4v) is 8.94. The van der Waals surface area contributed by atoms with Crippen molar-refractivity contribution in [3.05, 3.63) is 71.6 Å². The average molecular weight is 867 g/mol. The molecule has 18 nitrogen and oxygen atoms in total. The Morgan fingerprint density at radius 1 is 0.714 bits per heavy atom. The maximum atomic E-state index is 14.0. The predicted octanol–water partition coefficient (Wildman–Crippen LogP) is 5.42. The highest BCUT2D eigenvalue weighted by atomic mass is 16.5. The first-order valence-corrected chi connectivity index (χ1v) is 21.1. The molecule has 8 rings (SSSR count). The molecule has 2 aromatic heterocycles. The normalized spacial score (nSPS) is 21.6. The van der Waals surface area contributed by atoms with Crippen LogP contribution >= 0.6 is 0 Å². The van der Waals surface area contributed by atoms with Crippen molar-refractivity contribution in [3.8, 4) is 45.1 Å². The van der Waals surface area contributed by atoms with Gasteiger partial charge in [0.1, 0.15) is 54.5 Å². The van der Waals surface area contributed by atoms with Gasteiger partial charge in [0, 0.05) is 60.7 Å². The minimum atomic E-state index is -0.975. The second kappa shape index (κ2) is 17.8. The van der Waals surface area contributed by atoms with Gasteiger partial charge in [-0.1, -0.05) is 26.0 Å². The van der Waals surface area contributed by atoms with E-state index >= 15 is 0 Å². The number of aromatic amines is 2. The highest BCUT2D eigenvalue weighted by Crippen LogP contribution is 2.51. The molecule has 1 saturated heterocycles. The van der Waals surface area contributed by atoms with Gasteiger partial charge >= 0.3 is 12.2 Å². The molecule has 0 saturated carbocycles. The van der Waals surface area contributed by atoms with E-state index < -0.39 is 42.5 Å². The Bertz CT molecular complexity index is 2380. The number of carbonyl (C=O) groups is 4. The lowest BCUT2D eigenvalue weighted by Gasteiger charge is -2.37. The van der Waals surface area contributed by atoms with Gasteiger partial charge in [-0.2, -0.15) is 0 Å². The molecule has 1 fully saturated rings. The molecule has 2 aromatic carbocycles. The Labute approximate surface area is 365 Å². The number of hydrogen-bond acceptors (Lipinski definition) is 12. The number of imidazole rings is 2. The standard InChI is InChI=1S/C45H54N8O10/c1-22-9-10-32(52(18-22)42(54)38(24(3)58-5)50-44(56)60-7)40-46-16-30(48-40)26-12-28-20-63-35-15-27(13-29-21-62-34(14-26)36(28)37(29)35)31-17-47-41(49-31)33-11-23(2)19-53(33)43(55)39(25(4)59-6)51-45(57)61-8/h9-10,12-17,22-25,32-33,38-39H,11,18-21H2,1-8H3,(H,46,48)(H,47,49)(H,50,56)(H,51,57)/t22-,23-,24+,25+,32-,33-,38-,39-/m0/s1. The van der Waals surface area contributed by atoms with Crippen LogP contribution in [-0.4, -0.2) is 120 Å². The van der Waals surface area contributed by atoms with Gasteiger partial charge in [-0.05, 0) is 56.4 Å². The number of nitrogens with one attached hydrogen (secondary N) is 4. The van der Waals surface area contributed by atoms with Crippen molar-refractivity contribution in [2.75, 3.05) is 41.5 Å². The summed E-state index contributed by atoms with van der Waals surface area (Å²) < 4.78 is 33.4. The fourth-order valence-electron chi connectivity index (χ4n) is 8.94. The van der Waals surface area contributed by atoms with Crippen molar-refractivity contribution in [2.24, 2.45) is 11.8 Å². The zero-order chi connectivity index (χ0) is 44.7. The number of hydrogen-bond donors (Lipinski definition) is 4. The lowest BCUT2D eigenvalue weighted by Crippen LogP contribution is -2.56. The summed E-state index contributed by atoms with van der Waals surface area (Å²) in [5.74, 6) is 2.36. The van der Waals surface area contributed by atoms with E-state index in [1.165, 1.54) is 28.4 Å². The molecule has 63 heavy (non-hydrogen) atoms. The maximum Gasteiger partial charge on any atom is 0.407 e. The highest BCUT2D eigenvalue weighted by molar-refractivity contribution is 5.89. The van der Waals surface area contributed by atoms with Crippen molar-refractivity contribution in [1.82, 2.24) is 40.4 Å². The minimum absolute atomic E-state index is 0.0786. The van der Waals surface area contributed by atoms with Gasteiger partial charge in [0.05, 0.1) is 56.3 Å². The van der Waals surface area contributed by atoms with Gasteiger partial charge in [0.15, 0.2) is 0 Å². The molecule has 0 radical (unpaired) electrons. The van der Waals surface area contributed by atoms with E-state index in [1.807, 2.05) is 25.1 Å².